The highest BCUT2D eigenvalue weighted by Crippen LogP contribution is 2.33. The fourth-order valence-electron chi connectivity index (χ4n) is 4.70. The van der Waals surface area contributed by atoms with Crippen molar-refractivity contribution < 1.29 is 38.7 Å². The predicted octanol–water partition coefficient (Wildman–Crippen LogP) is 0.806. The van der Waals surface area contributed by atoms with Crippen molar-refractivity contribution in [3.8, 4) is 0 Å². The van der Waals surface area contributed by atoms with E-state index in [2.05, 4.69) is 5.32 Å². The van der Waals surface area contributed by atoms with Crippen LogP contribution < -0.4 is 5.32 Å². The van der Waals surface area contributed by atoms with Gasteiger partial charge in [0.15, 0.2) is 0 Å². The van der Waals surface area contributed by atoms with E-state index in [1.165, 1.54) is 18.7 Å². The topological polar surface area (TPSA) is 122 Å². The van der Waals surface area contributed by atoms with Gasteiger partial charge in [-0.1, -0.05) is 20.8 Å². The number of rotatable bonds is 11. The Morgan fingerprint density at radius 2 is 1.91 bits per heavy atom. The van der Waals surface area contributed by atoms with Gasteiger partial charge in [-0.2, -0.15) is 0 Å². The normalized spacial score (nSPS) is 34.6. The molecule has 2 aliphatic heterocycles. The molecule has 33 heavy (non-hydrogen) atoms. The number of nitrogens with one attached hydrogen (secondary N) is 1. The third kappa shape index (κ3) is 7.22. The third-order valence-electron chi connectivity index (χ3n) is 6.84. The van der Waals surface area contributed by atoms with Gasteiger partial charge in [-0.15, -0.1) is 11.8 Å². The highest BCUT2D eigenvalue weighted by atomic mass is 32.2. The van der Waals surface area contributed by atoms with E-state index >= 15 is 0 Å². The van der Waals surface area contributed by atoms with Crippen LogP contribution in [0, 0.1) is 11.8 Å². The van der Waals surface area contributed by atoms with Crippen LogP contribution in [0.5, 0.6) is 0 Å². The number of halogens is 2. The second kappa shape index (κ2) is 12.4. The number of nitrogens with zero attached hydrogens (tertiary/aromatic N) is 1. The van der Waals surface area contributed by atoms with E-state index in [0.29, 0.717) is 19.4 Å². The number of aliphatic hydroxyl groups excluding tert-OH is 4. The zero-order chi connectivity index (χ0) is 24.9. The van der Waals surface area contributed by atoms with E-state index in [9.17, 15) is 34.0 Å². The quantitative estimate of drug-likeness (QED) is 0.284. The lowest BCUT2D eigenvalue weighted by Crippen LogP contribution is -2.64. The molecular weight excluding hydrogens is 458 g/mol. The van der Waals surface area contributed by atoms with Crippen LogP contribution in [-0.4, -0.2) is 105 Å². The summed E-state index contributed by atoms with van der Waals surface area (Å²) >= 11 is 1.20. The van der Waals surface area contributed by atoms with E-state index in [4.69, 9.17) is 4.74 Å². The monoisotopic (exact) mass is 498 g/mol. The van der Waals surface area contributed by atoms with Gasteiger partial charge in [-0.3, -0.25) is 9.69 Å². The summed E-state index contributed by atoms with van der Waals surface area (Å²) in [6.07, 6.45) is -3.04. The molecule has 2 heterocycles. The molecule has 0 aliphatic carbocycles. The summed E-state index contributed by atoms with van der Waals surface area (Å²) in [4.78, 5) is 15.1. The Labute approximate surface area is 199 Å². The lowest BCUT2D eigenvalue weighted by molar-refractivity contribution is -0.208. The first-order chi connectivity index (χ1) is 15.4. The standard InChI is InChI=1S/C22H40F2N2O6S/c1-5-22(23,24)7-6-13-10-14(26(11-13)8-9-27)20(31)25-15(12(2)3)19-17(29)16(28)18(30)21(32-19)33-4/h12-19,21,27-30H,5-11H2,1-4H3,(H,25,31)/t13-,14+,15-,16+,17-,18-,19-,21-/m1/s1. The number of thioether (sulfide) groups is 1. The van der Waals surface area contributed by atoms with Gasteiger partial charge in [0.1, 0.15) is 29.9 Å². The maximum absolute atomic E-state index is 13.7. The number of hydrogen-bond donors (Lipinski definition) is 5. The third-order valence-corrected chi connectivity index (χ3v) is 7.69. The average Bonchev–Trinajstić information content (AvgIpc) is 3.18. The van der Waals surface area contributed by atoms with Crippen LogP contribution >= 0.6 is 11.8 Å². The largest absolute Gasteiger partial charge is 0.395 e. The van der Waals surface area contributed by atoms with Crippen molar-refractivity contribution in [1.82, 2.24) is 10.2 Å². The van der Waals surface area contributed by atoms with Crippen LogP contribution in [0.1, 0.15) is 46.5 Å². The second-order valence-corrected chi connectivity index (χ2v) is 10.5. The highest BCUT2D eigenvalue weighted by Gasteiger charge is 2.48. The van der Waals surface area contributed by atoms with Gasteiger partial charge in [0.25, 0.3) is 0 Å². The summed E-state index contributed by atoms with van der Waals surface area (Å²) in [5, 5.41) is 43.3. The first-order valence-electron chi connectivity index (χ1n) is 11.7. The lowest BCUT2D eigenvalue weighted by atomic mass is 9.88. The van der Waals surface area contributed by atoms with Crippen molar-refractivity contribution in [1.29, 1.82) is 0 Å². The van der Waals surface area contributed by atoms with E-state index in [1.807, 2.05) is 18.7 Å². The van der Waals surface area contributed by atoms with Crippen molar-refractivity contribution in [2.75, 3.05) is 26.0 Å². The molecule has 8 atom stereocenters. The molecule has 2 aliphatic rings. The van der Waals surface area contributed by atoms with Gasteiger partial charge in [-0.25, -0.2) is 8.78 Å². The summed E-state index contributed by atoms with van der Waals surface area (Å²) in [6.45, 7) is 5.71. The number of amides is 1. The summed E-state index contributed by atoms with van der Waals surface area (Å²) < 4.78 is 33.3. The minimum absolute atomic E-state index is 0.0865. The van der Waals surface area contributed by atoms with Gasteiger partial charge in [-0.05, 0) is 30.9 Å². The molecule has 0 aromatic heterocycles. The van der Waals surface area contributed by atoms with Crippen molar-refractivity contribution in [3.63, 3.8) is 0 Å². The van der Waals surface area contributed by atoms with Crippen molar-refractivity contribution >= 4 is 17.7 Å². The number of carbonyl (C=O) groups is 1. The smallest absolute Gasteiger partial charge is 0.247 e. The fourth-order valence-corrected chi connectivity index (χ4v) is 5.38. The van der Waals surface area contributed by atoms with E-state index < -0.39 is 47.9 Å². The molecule has 1 amide bonds. The van der Waals surface area contributed by atoms with Crippen molar-refractivity contribution in [2.24, 2.45) is 11.8 Å². The fraction of sp³-hybridized carbons (Fsp3) is 0.955. The number of ether oxygens (including phenoxy) is 1. The molecule has 194 valence electrons. The molecule has 0 bridgehead atoms. The molecule has 0 unspecified atom stereocenters. The average molecular weight is 499 g/mol. The SMILES string of the molecule is CCC(F)(F)CC[C@@H]1C[C@@H](C(=O)N[C@H](C(C)C)[C@H]2O[C@H](SC)[C@H](O)[C@@H](O)[C@H]2O)N(CCO)C1. The first kappa shape index (κ1) is 28.7. The molecular formula is C22H40F2N2O6S. The zero-order valence-electron chi connectivity index (χ0n) is 19.9. The van der Waals surface area contributed by atoms with Crippen LogP contribution in [0.25, 0.3) is 0 Å². The molecule has 0 spiro atoms. The van der Waals surface area contributed by atoms with Crippen LogP contribution in [0.15, 0.2) is 0 Å². The molecule has 0 saturated carbocycles. The minimum atomic E-state index is -2.72. The zero-order valence-corrected chi connectivity index (χ0v) is 20.7. The van der Waals surface area contributed by atoms with Crippen LogP contribution in [0.2, 0.25) is 0 Å². The minimum Gasteiger partial charge on any atom is -0.395 e. The Balaban J connectivity index is 2.11. The predicted molar refractivity (Wildman–Crippen MR) is 122 cm³/mol. The number of likely N-dealkylation sites (tertiary alicyclic amines) is 1. The highest BCUT2D eigenvalue weighted by molar-refractivity contribution is 7.99. The van der Waals surface area contributed by atoms with E-state index in [1.54, 1.807) is 6.26 Å². The van der Waals surface area contributed by atoms with Crippen LogP contribution in [0.4, 0.5) is 8.78 Å². The van der Waals surface area contributed by atoms with E-state index in [-0.39, 0.29) is 43.7 Å². The summed E-state index contributed by atoms with van der Waals surface area (Å²) in [5.41, 5.74) is -0.756. The molecule has 8 nitrogen and oxygen atoms in total. The first-order valence-corrected chi connectivity index (χ1v) is 13.0. The number of hydrogen-bond acceptors (Lipinski definition) is 8. The molecule has 0 aromatic carbocycles. The van der Waals surface area contributed by atoms with Crippen LogP contribution in [0.3, 0.4) is 0 Å². The van der Waals surface area contributed by atoms with Crippen molar-refractivity contribution in [2.45, 2.75) is 94.3 Å². The summed E-state index contributed by atoms with van der Waals surface area (Å²) in [6, 6.07) is -1.24. The Morgan fingerprint density at radius 1 is 1.24 bits per heavy atom. The Morgan fingerprint density at radius 3 is 2.45 bits per heavy atom. The summed E-state index contributed by atoms with van der Waals surface area (Å²) in [7, 11) is 0. The Kier molecular flexibility index (Phi) is 10.8. The van der Waals surface area contributed by atoms with Crippen LogP contribution in [-0.2, 0) is 9.53 Å². The maximum Gasteiger partial charge on any atom is 0.247 e. The number of alkyl halides is 2. The van der Waals surface area contributed by atoms with Gasteiger partial charge in [0.2, 0.25) is 11.8 Å². The van der Waals surface area contributed by atoms with E-state index in [0.717, 1.165) is 0 Å². The van der Waals surface area contributed by atoms with Gasteiger partial charge in [0.05, 0.1) is 18.7 Å². The molecule has 5 N–H and O–H groups in total. The van der Waals surface area contributed by atoms with Gasteiger partial charge in [0, 0.05) is 25.9 Å². The molecule has 0 radical (unpaired) electrons. The van der Waals surface area contributed by atoms with Gasteiger partial charge < -0.3 is 30.5 Å². The number of β-amino-alcohol motifs (C(OH)–C–C–N with tert-alkyl or cyclic N) is 1. The summed E-state index contributed by atoms with van der Waals surface area (Å²) in [5.74, 6) is -3.30. The molecule has 11 heteroatoms. The number of aliphatic hydroxyl groups is 4. The molecule has 2 saturated heterocycles. The number of carbonyl (C=O) groups excluding carboxylic acids is 1. The molecule has 2 rings (SSSR count). The maximum atomic E-state index is 13.7. The molecule has 0 aromatic rings. The van der Waals surface area contributed by atoms with Gasteiger partial charge >= 0.3 is 0 Å². The van der Waals surface area contributed by atoms with Crippen molar-refractivity contribution in [3.05, 3.63) is 0 Å². The lowest BCUT2D eigenvalue weighted by Gasteiger charge is -2.44. The second-order valence-electron chi connectivity index (χ2n) is 9.54. The molecule has 2 fully saturated rings. The Bertz CT molecular complexity index is 630. The Hall–Kier alpha value is -0.560.